The maximum Gasteiger partial charge on any atom is 0.243 e. The van der Waals surface area contributed by atoms with Crippen molar-refractivity contribution in [1.29, 1.82) is 0 Å². The Kier molecular flexibility index (Phi) is 6.47. The van der Waals surface area contributed by atoms with Gasteiger partial charge in [-0.2, -0.15) is 5.10 Å². The molecular weight excluding hydrogens is 264 g/mol. The number of hydrogen-bond acceptors (Lipinski definition) is 4. The second-order valence-corrected chi connectivity index (χ2v) is 6.46. The van der Waals surface area contributed by atoms with Crippen LogP contribution in [0.25, 0.3) is 0 Å². The van der Waals surface area contributed by atoms with Crippen molar-refractivity contribution < 1.29 is 8.42 Å². The van der Waals surface area contributed by atoms with Gasteiger partial charge >= 0.3 is 0 Å². The van der Waals surface area contributed by atoms with E-state index >= 15 is 0 Å². The topological polar surface area (TPSA) is 90.0 Å². The number of nitrogens with one attached hydrogen (secondary N) is 1. The van der Waals surface area contributed by atoms with Crippen LogP contribution < -0.4 is 10.5 Å². The summed E-state index contributed by atoms with van der Waals surface area (Å²) in [4.78, 5) is 0.216. The van der Waals surface area contributed by atoms with Crippen molar-refractivity contribution in [2.75, 3.05) is 6.54 Å². The Balaban J connectivity index is 2.63. The number of hydrogen-bond donors (Lipinski definition) is 2. The molecule has 0 spiro atoms. The lowest BCUT2D eigenvalue weighted by molar-refractivity contribution is 0.533. The number of sulfonamides is 1. The fraction of sp³-hybridized carbons (Fsp3) is 0.750. The molecule has 6 nitrogen and oxygen atoms in total. The van der Waals surface area contributed by atoms with Gasteiger partial charge in [0.05, 0.1) is 6.20 Å². The van der Waals surface area contributed by atoms with Crippen molar-refractivity contribution in [3.05, 3.63) is 12.4 Å². The molecule has 7 heteroatoms. The molecule has 1 aromatic rings. The van der Waals surface area contributed by atoms with Crippen molar-refractivity contribution in [3.63, 3.8) is 0 Å². The SMILES string of the molecule is CCCCC(C)NS(=O)(=O)c1cnn(CCCN)c1. The van der Waals surface area contributed by atoms with Gasteiger partial charge in [0.15, 0.2) is 0 Å². The maximum absolute atomic E-state index is 12.1. The van der Waals surface area contributed by atoms with Crippen molar-refractivity contribution in [2.24, 2.45) is 5.73 Å². The van der Waals surface area contributed by atoms with Gasteiger partial charge in [0.2, 0.25) is 10.0 Å². The van der Waals surface area contributed by atoms with E-state index in [4.69, 9.17) is 5.73 Å². The molecule has 0 saturated carbocycles. The number of aromatic nitrogens is 2. The average molecular weight is 288 g/mol. The van der Waals surface area contributed by atoms with Crippen molar-refractivity contribution in [3.8, 4) is 0 Å². The third-order valence-electron chi connectivity index (χ3n) is 2.86. The lowest BCUT2D eigenvalue weighted by Crippen LogP contribution is -2.32. The number of rotatable bonds is 9. The molecule has 1 atom stereocenters. The minimum Gasteiger partial charge on any atom is -0.330 e. The summed E-state index contributed by atoms with van der Waals surface area (Å²) < 4.78 is 28.5. The number of nitrogens with two attached hydrogens (primary N) is 1. The van der Waals surface area contributed by atoms with E-state index in [9.17, 15) is 8.42 Å². The molecule has 0 bridgehead atoms. The first-order valence-corrected chi connectivity index (χ1v) is 8.22. The van der Waals surface area contributed by atoms with Gasteiger partial charge in [-0.15, -0.1) is 0 Å². The van der Waals surface area contributed by atoms with E-state index < -0.39 is 10.0 Å². The van der Waals surface area contributed by atoms with E-state index in [1.165, 1.54) is 6.20 Å². The predicted molar refractivity (Wildman–Crippen MR) is 75.2 cm³/mol. The molecule has 1 aromatic heterocycles. The summed E-state index contributed by atoms with van der Waals surface area (Å²) in [5.41, 5.74) is 5.41. The van der Waals surface area contributed by atoms with Crippen LogP contribution in [0.15, 0.2) is 17.3 Å². The highest BCUT2D eigenvalue weighted by molar-refractivity contribution is 7.89. The molecule has 0 fully saturated rings. The molecule has 0 aliphatic carbocycles. The molecule has 0 aromatic carbocycles. The normalized spacial score (nSPS) is 13.6. The summed E-state index contributed by atoms with van der Waals surface area (Å²) in [5, 5.41) is 4.03. The smallest absolute Gasteiger partial charge is 0.243 e. The highest BCUT2D eigenvalue weighted by Crippen LogP contribution is 2.10. The Morgan fingerprint density at radius 2 is 2.21 bits per heavy atom. The second kappa shape index (κ2) is 7.62. The zero-order valence-corrected chi connectivity index (χ0v) is 12.5. The number of unbranched alkanes of at least 4 members (excludes halogenated alkanes) is 1. The average Bonchev–Trinajstić information content (AvgIpc) is 2.83. The Hall–Kier alpha value is -0.920. The van der Waals surface area contributed by atoms with E-state index in [2.05, 4.69) is 16.7 Å². The third-order valence-corrected chi connectivity index (χ3v) is 4.40. The number of nitrogens with zero attached hydrogens (tertiary/aromatic N) is 2. The summed E-state index contributed by atoms with van der Waals surface area (Å²) >= 11 is 0. The molecule has 0 aliphatic heterocycles. The zero-order chi connectivity index (χ0) is 14.3. The van der Waals surface area contributed by atoms with Crippen LogP contribution >= 0.6 is 0 Å². The summed E-state index contributed by atoms with van der Waals surface area (Å²) in [6.07, 6.45) is 6.62. The zero-order valence-electron chi connectivity index (χ0n) is 11.7. The molecule has 0 aliphatic rings. The summed E-state index contributed by atoms with van der Waals surface area (Å²) in [6.45, 7) is 5.17. The van der Waals surface area contributed by atoms with E-state index in [-0.39, 0.29) is 10.9 Å². The van der Waals surface area contributed by atoms with Crippen LogP contribution in [0.4, 0.5) is 0 Å². The van der Waals surface area contributed by atoms with Crippen molar-refractivity contribution in [1.82, 2.24) is 14.5 Å². The van der Waals surface area contributed by atoms with Crippen LogP contribution in [-0.4, -0.2) is 30.8 Å². The van der Waals surface area contributed by atoms with Crippen molar-refractivity contribution in [2.45, 2.75) is 57.0 Å². The van der Waals surface area contributed by atoms with Gasteiger partial charge < -0.3 is 5.73 Å². The lowest BCUT2D eigenvalue weighted by atomic mass is 10.2. The van der Waals surface area contributed by atoms with Crippen LogP contribution in [0.5, 0.6) is 0 Å². The van der Waals surface area contributed by atoms with Gasteiger partial charge in [0.1, 0.15) is 4.90 Å². The first-order valence-electron chi connectivity index (χ1n) is 6.74. The molecule has 0 saturated heterocycles. The first-order chi connectivity index (χ1) is 8.99. The third kappa shape index (κ3) is 5.30. The fourth-order valence-electron chi connectivity index (χ4n) is 1.76. The van der Waals surface area contributed by atoms with E-state index in [1.807, 2.05) is 6.92 Å². The van der Waals surface area contributed by atoms with Gasteiger partial charge in [-0.25, -0.2) is 13.1 Å². The monoisotopic (exact) mass is 288 g/mol. The standard InChI is InChI=1S/C12H24N4O2S/c1-3-4-6-11(2)15-19(17,18)12-9-14-16(10-12)8-5-7-13/h9-11,15H,3-8,13H2,1-2H3. The van der Waals surface area contributed by atoms with Gasteiger partial charge in [-0.1, -0.05) is 19.8 Å². The van der Waals surface area contributed by atoms with Crippen LogP contribution in [0.2, 0.25) is 0 Å². The molecule has 1 rings (SSSR count). The predicted octanol–water partition coefficient (Wildman–Crippen LogP) is 1.09. The molecule has 1 unspecified atom stereocenters. The molecule has 3 N–H and O–H groups in total. The Labute approximate surface area is 115 Å². The largest absolute Gasteiger partial charge is 0.330 e. The minimum atomic E-state index is -3.46. The Morgan fingerprint density at radius 3 is 2.84 bits per heavy atom. The van der Waals surface area contributed by atoms with Crippen LogP contribution in [0, 0.1) is 0 Å². The lowest BCUT2D eigenvalue weighted by Gasteiger charge is -2.12. The quantitative estimate of drug-likeness (QED) is 0.711. The van der Waals surface area contributed by atoms with Crippen LogP contribution in [0.1, 0.15) is 39.5 Å². The van der Waals surface area contributed by atoms with Gasteiger partial charge in [-0.3, -0.25) is 4.68 Å². The van der Waals surface area contributed by atoms with Crippen molar-refractivity contribution >= 4 is 10.0 Å². The maximum atomic E-state index is 12.1. The van der Waals surface area contributed by atoms with Gasteiger partial charge in [0.25, 0.3) is 0 Å². The minimum absolute atomic E-state index is 0.0580. The molecule has 1 heterocycles. The van der Waals surface area contributed by atoms with Gasteiger partial charge in [0, 0.05) is 18.8 Å². The highest BCUT2D eigenvalue weighted by Gasteiger charge is 2.18. The molecule has 110 valence electrons. The number of aryl methyl sites for hydroxylation is 1. The Morgan fingerprint density at radius 1 is 1.47 bits per heavy atom. The summed E-state index contributed by atoms with van der Waals surface area (Å²) in [5.74, 6) is 0. The summed E-state index contributed by atoms with van der Waals surface area (Å²) in [6, 6.07) is -0.0580. The molecule has 0 radical (unpaired) electrons. The second-order valence-electron chi connectivity index (χ2n) is 4.75. The van der Waals surface area contributed by atoms with E-state index in [0.717, 1.165) is 25.7 Å². The fourth-order valence-corrected chi connectivity index (χ4v) is 2.99. The van der Waals surface area contributed by atoms with Crippen LogP contribution in [-0.2, 0) is 16.6 Å². The summed E-state index contributed by atoms with van der Waals surface area (Å²) in [7, 11) is -3.46. The molecule has 19 heavy (non-hydrogen) atoms. The van der Waals surface area contributed by atoms with Gasteiger partial charge in [-0.05, 0) is 26.3 Å². The first kappa shape index (κ1) is 16.1. The van der Waals surface area contributed by atoms with E-state index in [0.29, 0.717) is 13.1 Å². The molecule has 0 amide bonds. The highest BCUT2D eigenvalue weighted by atomic mass is 32.2. The van der Waals surface area contributed by atoms with Crippen LogP contribution in [0.3, 0.4) is 0 Å². The van der Waals surface area contributed by atoms with E-state index in [1.54, 1.807) is 10.9 Å². The Bertz CT molecular complexity index is 470. The molecular formula is C12H24N4O2S.